The lowest BCUT2D eigenvalue weighted by atomic mass is 10.1. The number of hydrogen-bond acceptors (Lipinski definition) is 5. The second kappa shape index (κ2) is 5.11. The van der Waals surface area contributed by atoms with Crippen LogP contribution in [-0.4, -0.2) is 32.2 Å². The van der Waals surface area contributed by atoms with Crippen LogP contribution in [0.1, 0.15) is 26.2 Å². The lowest BCUT2D eigenvalue weighted by Gasteiger charge is -2.32. The molecule has 1 unspecified atom stereocenters. The van der Waals surface area contributed by atoms with Gasteiger partial charge in [-0.05, 0) is 38.3 Å². The van der Waals surface area contributed by atoms with Crippen LogP contribution in [0.4, 0.5) is 5.13 Å². The molecule has 5 nitrogen and oxygen atoms in total. The van der Waals surface area contributed by atoms with Crippen LogP contribution >= 0.6 is 11.3 Å². The van der Waals surface area contributed by atoms with Gasteiger partial charge in [0.1, 0.15) is 0 Å². The number of aromatic nitrogens is 4. The van der Waals surface area contributed by atoms with E-state index in [0.29, 0.717) is 6.04 Å². The van der Waals surface area contributed by atoms with E-state index in [1.54, 1.807) is 17.5 Å². The largest absolute Gasteiger partial charge is 0.344 e. The zero-order valence-electron chi connectivity index (χ0n) is 11.9. The van der Waals surface area contributed by atoms with Crippen molar-refractivity contribution in [3.05, 3.63) is 30.7 Å². The van der Waals surface area contributed by atoms with E-state index in [-0.39, 0.29) is 0 Å². The van der Waals surface area contributed by atoms with Crippen molar-refractivity contribution >= 4 is 21.4 Å². The zero-order chi connectivity index (χ0) is 14.2. The molecule has 0 spiro atoms. The van der Waals surface area contributed by atoms with E-state index in [1.807, 2.05) is 29.0 Å². The summed E-state index contributed by atoms with van der Waals surface area (Å²) in [7, 11) is 0. The van der Waals surface area contributed by atoms with Crippen molar-refractivity contribution in [2.45, 2.75) is 32.2 Å². The van der Waals surface area contributed by atoms with Crippen molar-refractivity contribution in [3.63, 3.8) is 0 Å². The molecular formula is C15H17N5S. The lowest BCUT2D eigenvalue weighted by Crippen LogP contribution is -2.37. The van der Waals surface area contributed by atoms with Gasteiger partial charge in [0.2, 0.25) is 10.1 Å². The molecule has 1 aliphatic heterocycles. The summed E-state index contributed by atoms with van der Waals surface area (Å²) < 4.78 is 1.89. The number of nitrogens with zero attached hydrogens (tertiary/aromatic N) is 5. The summed E-state index contributed by atoms with van der Waals surface area (Å²) in [6, 6.07) is 4.52. The molecule has 0 bridgehead atoms. The van der Waals surface area contributed by atoms with Crippen molar-refractivity contribution in [2.75, 3.05) is 11.4 Å². The molecule has 108 valence electrons. The van der Waals surface area contributed by atoms with E-state index in [2.05, 4.69) is 21.8 Å². The molecule has 21 heavy (non-hydrogen) atoms. The van der Waals surface area contributed by atoms with Crippen LogP contribution in [0.15, 0.2) is 30.7 Å². The van der Waals surface area contributed by atoms with Crippen LogP contribution in [0.25, 0.3) is 16.2 Å². The van der Waals surface area contributed by atoms with E-state index in [1.165, 1.54) is 19.3 Å². The Morgan fingerprint density at radius 3 is 3.05 bits per heavy atom. The maximum absolute atomic E-state index is 4.71. The first-order valence-electron chi connectivity index (χ1n) is 7.34. The number of imidazole rings is 1. The molecule has 4 rings (SSSR count). The summed E-state index contributed by atoms with van der Waals surface area (Å²) in [5, 5.41) is 5.80. The summed E-state index contributed by atoms with van der Waals surface area (Å²) in [4.78, 5) is 12.2. The van der Waals surface area contributed by atoms with Crippen LogP contribution < -0.4 is 4.90 Å². The van der Waals surface area contributed by atoms with Crippen molar-refractivity contribution in [1.82, 2.24) is 19.6 Å². The average Bonchev–Trinajstić information content (AvgIpc) is 3.07. The first-order valence-corrected chi connectivity index (χ1v) is 8.16. The van der Waals surface area contributed by atoms with Crippen molar-refractivity contribution in [1.29, 1.82) is 0 Å². The fraction of sp³-hybridized carbons (Fsp3) is 0.400. The van der Waals surface area contributed by atoms with Gasteiger partial charge in [-0.3, -0.25) is 4.98 Å². The quantitative estimate of drug-likeness (QED) is 0.729. The number of pyridine rings is 1. The van der Waals surface area contributed by atoms with Crippen molar-refractivity contribution < 1.29 is 0 Å². The van der Waals surface area contributed by atoms with Crippen molar-refractivity contribution in [3.8, 4) is 11.3 Å². The Bertz CT molecular complexity index is 716. The third-order valence-electron chi connectivity index (χ3n) is 4.04. The SMILES string of the molecule is CC1CCCCN1c1nn2cc(-c3cccnc3)nc2s1. The van der Waals surface area contributed by atoms with Gasteiger partial charge >= 0.3 is 0 Å². The monoisotopic (exact) mass is 299 g/mol. The van der Waals surface area contributed by atoms with Gasteiger partial charge in [0.15, 0.2) is 0 Å². The normalized spacial score (nSPS) is 19.3. The highest BCUT2D eigenvalue weighted by Crippen LogP contribution is 2.30. The molecular weight excluding hydrogens is 282 g/mol. The number of rotatable bonds is 2. The molecule has 6 heteroatoms. The molecule has 1 aliphatic rings. The Hall–Kier alpha value is -1.95. The van der Waals surface area contributed by atoms with Gasteiger partial charge in [-0.2, -0.15) is 0 Å². The van der Waals surface area contributed by atoms with Gasteiger partial charge in [0.05, 0.1) is 11.9 Å². The predicted molar refractivity (Wildman–Crippen MR) is 84.8 cm³/mol. The second-order valence-corrected chi connectivity index (χ2v) is 6.45. The molecule has 3 aromatic rings. The minimum Gasteiger partial charge on any atom is -0.344 e. The molecule has 1 atom stereocenters. The smallest absolute Gasteiger partial charge is 0.214 e. The molecule has 0 saturated carbocycles. The van der Waals surface area contributed by atoms with Crippen LogP contribution in [0.3, 0.4) is 0 Å². The third kappa shape index (κ3) is 2.29. The number of fused-ring (bicyclic) bond motifs is 1. The minimum absolute atomic E-state index is 0.576. The van der Waals surface area contributed by atoms with Crippen molar-refractivity contribution in [2.24, 2.45) is 0 Å². The van der Waals surface area contributed by atoms with E-state index in [0.717, 1.165) is 27.9 Å². The van der Waals surface area contributed by atoms with Gasteiger partial charge < -0.3 is 4.90 Å². The molecule has 3 aromatic heterocycles. The molecule has 0 N–H and O–H groups in total. The van der Waals surface area contributed by atoms with E-state index in [9.17, 15) is 0 Å². The zero-order valence-corrected chi connectivity index (χ0v) is 12.8. The topological polar surface area (TPSA) is 46.3 Å². The maximum Gasteiger partial charge on any atom is 0.214 e. The summed E-state index contributed by atoms with van der Waals surface area (Å²) in [6.07, 6.45) is 9.43. The summed E-state index contributed by atoms with van der Waals surface area (Å²) in [5.74, 6) is 0. The molecule has 0 aliphatic carbocycles. The highest BCUT2D eigenvalue weighted by molar-refractivity contribution is 7.20. The third-order valence-corrected chi connectivity index (χ3v) is 5.00. The van der Waals surface area contributed by atoms with Crippen LogP contribution in [0.2, 0.25) is 0 Å². The van der Waals surface area contributed by atoms with Gasteiger partial charge in [-0.1, -0.05) is 11.3 Å². The molecule has 1 saturated heterocycles. The first kappa shape index (κ1) is 12.8. The number of piperidine rings is 1. The molecule has 0 amide bonds. The predicted octanol–water partition coefficient (Wildman–Crippen LogP) is 3.23. The fourth-order valence-corrected chi connectivity index (χ4v) is 3.85. The Labute approximate surface area is 127 Å². The Morgan fingerprint density at radius 1 is 1.33 bits per heavy atom. The van der Waals surface area contributed by atoms with E-state index in [4.69, 9.17) is 5.10 Å². The van der Waals surface area contributed by atoms with Crippen LogP contribution in [0, 0.1) is 0 Å². The fourth-order valence-electron chi connectivity index (χ4n) is 2.84. The highest BCUT2D eigenvalue weighted by atomic mass is 32.1. The van der Waals surface area contributed by atoms with E-state index >= 15 is 0 Å². The Balaban J connectivity index is 1.68. The Kier molecular flexibility index (Phi) is 3.11. The number of hydrogen-bond donors (Lipinski definition) is 0. The van der Waals surface area contributed by atoms with Crippen LogP contribution in [0.5, 0.6) is 0 Å². The standard InChI is InChI=1S/C15H17N5S/c1-11-5-2-3-8-19(11)15-18-20-10-13(17-14(20)21-15)12-6-4-7-16-9-12/h4,6-7,9-11H,2-3,5,8H2,1H3. The molecule has 0 radical (unpaired) electrons. The Morgan fingerprint density at radius 2 is 2.29 bits per heavy atom. The van der Waals surface area contributed by atoms with Gasteiger partial charge in [0, 0.05) is 30.5 Å². The van der Waals surface area contributed by atoms with E-state index < -0.39 is 0 Å². The molecule has 1 fully saturated rings. The first-order chi connectivity index (χ1) is 10.3. The molecule has 4 heterocycles. The lowest BCUT2D eigenvalue weighted by molar-refractivity contribution is 0.482. The van der Waals surface area contributed by atoms with Gasteiger partial charge in [0.25, 0.3) is 0 Å². The summed E-state index contributed by atoms with van der Waals surface area (Å²) in [6.45, 7) is 3.39. The maximum atomic E-state index is 4.71. The summed E-state index contributed by atoms with van der Waals surface area (Å²) >= 11 is 1.67. The molecule has 0 aromatic carbocycles. The van der Waals surface area contributed by atoms with Gasteiger partial charge in [-0.25, -0.2) is 9.50 Å². The summed E-state index contributed by atoms with van der Waals surface area (Å²) in [5.41, 5.74) is 1.96. The van der Waals surface area contributed by atoms with Crippen LogP contribution in [-0.2, 0) is 0 Å². The second-order valence-electron chi connectivity index (χ2n) is 5.52. The minimum atomic E-state index is 0.576. The number of anilines is 1. The average molecular weight is 299 g/mol. The van der Waals surface area contributed by atoms with Gasteiger partial charge in [-0.15, -0.1) is 5.10 Å². The highest BCUT2D eigenvalue weighted by Gasteiger charge is 2.22.